The summed E-state index contributed by atoms with van der Waals surface area (Å²) in [5, 5.41) is 10.9. The summed E-state index contributed by atoms with van der Waals surface area (Å²) in [5.41, 5.74) is 9.95. The number of hydrogen-bond acceptors (Lipinski definition) is 5. The lowest BCUT2D eigenvalue weighted by Gasteiger charge is -2.05. The molecule has 1 aliphatic carbocycles. The molecule has 0 atom stereocenters. The molecule has 0 saturated carbocycles. The number of H-pyrrole nitrogens is 1. The number of carbonyl (C=O) groups is 1. The van der Waals surface area contributed by atoms with Crippen molar-refractivity contribution in [1.29, 1.82) is 0 Å². The van der Waals surface area contributed by atoms with Gasteiger partial charge in [0.05, 0.1) is 17.9 Å². The summed E-state index contributed by atoms with van der Waals surface area (Å²) in [5.74, 6) is -0.114. The molecule has 0 spiro atoms. The molecule has 0 saturated heterocycles. The quantitative estimate of drug-likeness (QED) is 0.753. The molecule has 22 heavy (non-hydrogen) atoms. The number of fused-ring (bicyclic) bond motifs is 1. The van der Waals surface area contributed by atoms with Crippen LogP contribution in [-0.2, 0) is 25.8 Å². The Labute approximate surface area is 133 Å². The van der Waals surface area contributed by atoms with Gasteiger partial charge in [0, 0.05) is 5.69 Å². The molecule has 118 valence electrons. The Morgan fingerprint density at radius 2 is 2.14 bits per heavy atom. The van der Waals surface area contributed by atoms with Crippen LogP contribution in [0.3, 0.4) is 0 Å². The van der Waals surface area contributed by atoms with Crippen molar-refractivity contribution in [2.45, 2.75) is 52.0 Å². The van der Waals surface area contributed by atoms with Gasteiger partial charge in [0.15, 0.2) is 5.13 Å². The van der Waals surface area contributed by atoms with E-state index in [0.29, 0.717) is 23.0 Å². The van der Waals surface area contributed by atoms with Crippen molar-refractivity contribution in [1.82, 2.24) is 20.5 Å². The summed E-state index contributed by atoms with van der Waals surface area (Å²) in [6.07, 6.45) is 6.47. The number of amides is 1. The lowest BCUT2D eigenvalue weighted by Crippen LogP contribution is -2.23. The summed E-state index contributed by atoms with van der Waals surface area (Å²) in [6.45, 7) is 2.42. The largest absolute Gasteiger partial charge is 0.375 e. The minimum absolute atomic E-state index is 0.114. The average Bonchev–Trinajstić information content (AvgIpc) is 3.00. The van der Waals surface area contributed by atoms with Gasteiger partial charge in [-0.1, -0.05) is 24.7 Å². The van der Waals surface area contributed by atoms with Crippen LogP contribution < -0.4 is 11.1 Å². The highest BCUT2D eigenvalue weighted by molar-refractivity contribution is 7.17. The first-order chi connectivity index (χ1) is 10.7. The minimum atomic E-state index is -0.114. The zero-order chi connectivity index (χ0) is 15.5. The zero-order valence-electron chi connectivity index (χ0n) is 12.7. The van der Waals surface area contributed by atoms with Gasteiger partial charge in [0.2, 0.25) is 0 Å². The van der Waals surface area contributed by atoms with Crippen molar-refractivity contribution < 1.29 is 4.79 Å². The molecule has 3 rings (SSSR count). The standard InChI is InChI=1S/C15H21N5OS/c1-2-10-13(22-15(16)18-10)14(21)17-8-12-9-6-4-3-5-7-11(9)19-20-12/h2-8H2,1H3,(H2,16,18)(H,17,21)(H,19,20). The van der Waals surface area contributed by atoms with E-state index in [4.69, 9.17) is 5.73 Å². The van der Waals surface area contributed by atoms with Gasteiger partial charge in [-0.2, -0.15) is 5.10 Å². The molecule has 0 radical (unpaired) electrons. The molecule has 0 unspecified atom stereocenters. The topological polar surface area (TPSA) is 96.7 Å². The SMILES string of the molecule is CCc1nc(N)sc1C(=O)NCc1n[nH]c2c1CCCCC2. The van der Waals surface area contributed by atoms with E-state index in [9.17, 15) is 4.79 Å². The number of rotatable bonds is 4. The van der Waals surface area contributed by atoms with Gasteiger partial charge in [-0.3, -0.25) is 9.89 Å². The molecule has 2 aromatic heterocycles. The van der Waals surface area contributed by atoms with Crippen molar-refractivity contribution in [3.63, 3.8) is 0 Å². The van der Waals surface area contributed by atoms with Crippen molar-refractivity contribution in [3.8, 4) is 0 Å². The highest BCUT2D eigenvalue weighted by atomic mass is 32.1. The van der Waals surface area contributed by atoms with Crippen molar-refractivity contribution >= 4 is 22.4 Å². The number of nitrogen functional groups attached to an aromatic ring is 1. The molecule has 1 amide bonds. The number of aromatic amines is 1. The molecule has 2 aromatic rings. The second-order valence-electron chi connectivity index (χ2n) is 5.55. The third-order valence-corrected chi connectivity index (χ3v) is 4.99. The van der Waals surface area contributed by atoms with Crippen LogP contribution in [0.15, 0.2) is 0 Å². The Kier molecular flexibility index (Phi) is 4.42. The van der Waals surface area contributed by atoms with Crippen molar-refractivity contribution in [3.05, 3.63) is 27.5 Å². The van der Waals surface area contributed by atoms with Crippen LogP contribution >= 0.6 is 11.3 Å². The lowest BCUT2D eigenvalue weighted by molar-refractivity contribution is 0.0953. The van der Waals surface area contributed by atoms with Crippen LogP contribution in [0.1, 0.15) is 58.5 Å². The number of thiazole rings is 1. The molecule has 0 aromatic carbocycles. The normalized spacial score (nSPS) is 14.4. The summed E-state index contributed by atoms with van der Waals surface area (Å²) < 4.78 is 0. The first kappa shape index (κ1) is 15.0. The molecule has 1 aliphatic rings. The van der Waals surface area contributed by atoms with Gasteiger partial charge in [0.1, 0.15) is 4.88 Å². The van der Waals surface area contributed by atoms with Crippen LogP contribution in [0.4, 0.5) is 5.13 Å². The van der Waals surface area contributed by atoms with Crippen LogP contribution in [0.5, 0.6) is 0 Å². The highest BCUT2D eigenvalue weighted by Crippen LogP contribution is 2.23. The second kappa shape index (κ2) is 6.48. The number of aryl methyl sites for hydroxylation is 2. The second-order valence-corrected chi connectivity index (χ2v) is 6.58. The van der Waals surface area contributed by atoms with Crippen LogP contribution in [-0.4, -0.2) is 21.1 Å². The first-order valence-electron chi connectivity index (χ1n) is 7.77. The van der Waals surface area contributed by atoms with E-state index in [1.165, 1.54) is 41.9 Å². The van der Waals surface area contributed by atoms with Crippen molar-refractivity contribution in [2.75, 3.05) is 5.73 Å². The molecule has 7 heteroatoms. The molecular weight excluding hydrogens is 298 g/mol. The zero-order valence-corrected chi connectivity index (χ0v) is 13.6. The fourth-order valence-corrected chi connectivity index (χ4v) is 3.74. The van der Waals surface area contributed by atoms with E-state index in [-0.39, 0.29) is 5.91 Å². The van der Waals surface area contributed by atoms with Crippen LogP contribution in [0, 0.1) is 0 Å². The lowest BCUT2D eigenvalue weighted by atomic mass is 10.1. The monoisotopic (exact) mass is 319 g/mol. The van der Waals surface area contributed by atoms with Gasteiger partial charge < -0.3 is 11.1 Å². The number of hydrogen-bond donors (Lipinski definition) is 3. The molecule has 2 heterocycles. The van der Waals surface area contributed by atoms with Gasteiger partial charge in [0.25, 0.3) is 5.91 Å². The summed E-state index contributed by atoms with van der Waals surface area (Å²) >= 11 is 1.24. The summed E-state index contributed by atoms with van der Waals surface area (Å²) in [7, 11) is 0. The minimum Gasteiger partial charge on any atom is -0.375 e. The maximum Gasteiger partial charge on any atom is 0.263 e. The Morgan fingerprint density at radius 1 is 1.32 bits per heavy atom. The Balaban J connectivity index is 1.70. The molecule has 0 bridgehead atoms. The number of anilines is 1. The number of aromatic nitrogens is 3. The van der Waals surface area contributed by atoms with E-state index in [0.717, 1.165) is 24.2 Å². The number of carbonyl (C=O) groups excluding carboxylic acids is 1. The average molecular weight is 319 g/mol. The number of nitrogens with one attached hydrogen (secondary N) is 2. The Hall–Kier alpha value is -1.89. The predicted octanol–water partition coefficient (Wildman–Crippen LogP) is 2.21. The molecule has 6 nitrogen and oxygen atoms in total. The van der Waals surface area contributed by atoms with E-state index in [1.807, 2.05) is 6.92 Å². The number of nitrogens with zero attached hydrogens (tertiary/aromatic N) is 2. The maximum absolute atomic E-state index is 12.3. The Morgan fingerprint density at radius 3 is 2.95 bits per heavy atom. The Bertz CT molecular complexity index is 676. The molecule has 0 aliphatic heterocycles. The van der Waals surface area contributed by atoms with E-state index in [1.54, 1.807) is 0 Å². The van der Waals surface area contributed by atoms with Gasteiger partial charge in [-0.05, 0) is 37.7 Å². The fraction of sp³-hybridized carbons (Fsp3) is 0.533. The predicted molar refractivity (Wildman–Crippen MR) is 86.9 cm³/mol. The summed E-state index contributed by atoms with van der Waals surface area (Å²) in [6, 6.07) is 0. The van der Waals surface area contributed by atoms with Gasteiger partial charge in [-0.15, -0.1) is 0 Å². The van der Waals surface area contributed by atoms with E-state index >= 15 is 0 Å². The van der Waals surface area contributed by atoms with Gasteiger partial charge >= 0.3 is 0 Å². The third-order valence-electron chi connectivity index (χ3n) is 4.06. The van der Waals surface area contributed by atoms with Crippen LogP contribution in [0.2, 0.25) is 0 Å². The third kappa shape index (κ3) is 2.99. The van der Waals surface area contributed by atoms with Crippen molar-refractivity contribution in [2.24, 2.45) is 0 Å². The van der Waals surface area contributed by atoms with Gasteiger partial charge in [-0.25, -0.2) is 4.98 Å². The number of nitrogens with two attached hydrogens (primary N) is 1. The maximum atomic E-state index is 12.3. The van der Waals surface area contributed by atoms with Crippen LogP contribution in [0.25, 0.3) is 0 Å². The van der Waals surface area contributed by atoms with E-state index in [2.05, 4.69) is 20.5 Å². The molecular formula is C15H21N5OS. The molecule has 0 fully saturated rings. The summed E-state index contributed by atoms with van der Waals surface area (Å²) in [4.78, 5) is 17.1. The smallest absolute Gasteiger partial charge is 0.263 e. The first-order valence-corrected chi connectivity index (χ1v) is 8.59. The molecule has 4 N–H and O–H groups in total. The highest BCUT2D eigenvalue weighted by Gasteiger charge is 2.19. The fourth-order valence-electron chi connectivity index (χ4n) is 2.90. The van der Waals surface area contributed by atoms with E-state index < -0.39 is 0 Å².